The van der Waals surface area contributed by atoms with E-state index in [9.17, 15) is 10.2 Å². The van der Waals surface area contributed by atoms with Gasteiger partial charge in [-0.3, -0.25) is 0 Å². The SMILES string of the molecule is OC[C@]1(c2ccc(O)cc2)COc2ccc3ccc(-c4ccccc4)cc3c21. The van der Waals surface area contributed by atoms with Crippen molar-refractivity contribution in [3.63, 3.8) is 0 Å². The number of aliphatic hydroxyl groups excluding tert-OH is 1. The summed E-state index contributed by atoms with van der Waals surface area (Å²) >= 11 is 0. The Bertz CT molecular complexity index is 1150. The summed E-state index contributed by atoms with van der Waals surface area (Å²) in [5.41, 5.74) is 3.57. The second-order valence-electron chi connectivity index (χ2n) is 7.32. The van der Waals surface area contributed by atoms with Gasteiger partial charge in [0.2, 0.25) is 0 Å². The first-order valence-electron chi connectivity index (χ1n) is 9.37. The molecule has 0 unspecified atom stereocenters. The van der Waals surface area contributed by atoms with Gasteiger partial charge in [0.1, 0.15) is 18.1 Å². The molecule has 0 bridgehead atoms. The molecule has 1 heterocycles. The molecular formula is C25H20O3. The molecule has 3 heteroatoms. The van der Waals surface area contributed by atoms with Crippen molar-refractivity contribution in [2.75, 3.05) is 13.2 Å². The Labute approximate surface area is 163 Å². The van der Waals surface area contributed by atoms with Gasteiger partial charge in [0.25, 0.3) is 0 Å². The van der Waals surface area contributed by atoms with Gasteiger partial charge in [0.15, 0.2) is 0 Å². The summed E-state index contributed by atoms with van der Waals surface area (Å²) in [5.74, 6) is 1.01. The highest BCUT2D eigenvalue weighted by atomic mass is 16.5. The number of phenolic OH excluding ortho intramolecular Hbond substituents is 1. The van der Waals surface area contributed by atoms with Gasteiger partial charge in [-0.1, -0.05) is 60.7 Å². The normalized spacial score (nSPS) is 18.0. The van der Waals surface area contributed by atoms with Crippen molar-refractivity contribution in [3.05, 3.63) is 96.1 Å². The smallest absolute Gasteiger partial charge is 0.124 e. The molecule has 1 atom stereocenters. The Morgan fingerprint density at radius 3 is 2.32 bits per heavy atom. The van der Waals surface area contributed by atoms with Crippen LogP contribution in [0.15, 0.2) is 84.9 Å². The van der Waals surface area contributed by atoms with E-state index >= 15 is 0 Å². The molecule has 1 aliphatic heterocycles. The zero-order valence-corrected chi connectivity index (χ0v) is 15.3. The van der Waals surface area contributed by atoms with E-state index in [1.54, 1.807) is 12.1 Å². The predicted octanol–water partition coefficient (Wildman–Crippen LogP) is 4.88. The molecule has 0 aliphatic carbocycles. The maximum absolute atomic E-state index is 10.5. The summed E-state index contributed by atoms with van der Waals surface area (Å²) in [5, 5.41) is 22.4. The molecule has 28 heavy (non-hydrogen) atoms. The molecule has 0 radical (unpaired) electrons. The van der Waals surface area contributed by atoms with Crippen LogP contribution in [0.1, 0.15) is 11.1 Å². The summed E-state index contributed by atoms with van der Waals surface area (Å²) < 4.78 is 6.02. The van der Waals surface area contributed by atoms with Gasteiger partial charge in [0, 0.05) is 5.56 Å². The molecule has 2 N–H and O–H groups in total. The van der Waals surface area contributed by atoms with Crippen molar-refractivity contribution in [1.82, 2.24) is 0 Å². The van der Waals surface area contributed by atoms with E-state index in [0.717, 1.165) is 38.8 Å². The number of phenols is 1. The van der Waals surface area contributed by atoms with Crippen LogP contribution in [0.4, 0.5) is 0 Å². The van der Waals surface area contributed by atoms with E-state index in [-0.39, 0.29) is 12.4 Å². The van der Waals surface area contributed by atoms with E-state index < -0.39 is 5.41 Å². The van der Waals surface area contributed by atoms with Crippen LogP contribution in [0.5, 0.6) is 11.5 Å². The minimum atomic E-state index is -0.655. The summed E-state index contributed by atoms with van der Waals surface area (Å²) in [6.45, 7) is 0.303. The molecule has 0 fully saturated rings. The van der Waals surface area contributed by atoms with Gasteiger partial charge in [-0.25, -0.2) is 0 Å². The fourth-order valence-electron chi connectivity index (χ4n) is 4.22. The van der Waals surface area contributed by atoms with Gasteiger partial charge in [-0.15, -0.1) is 0 Å². The van der Waals surface area contributed by atoms with Crippen molar-refractivity contribution in [2.24, 2.45) is 0 Å². The molecule has 138 valence electrons. The summed E-state index contributed by atoms with van der Waals surface area (Å²) in [7, 11) is 0. The maximum Gasteiger partial charge on any atom is 0.124 e. The summed E-state index contributed by atoms with van der Waals surface area (Å²) in [6.07, 6.45) is 0. The van der Waals surface area contributed by atoms with E-state index in [1.807, 2.05) is 36.4 Å². The molecule has 0 spiro atoms. The molecule has 3 nitrogen and oxygen atoms in total. The van der Waals surface area contributed by atoms with Crippen molar-refractivity contribution in [2.45, 2.75) is 5.41 Å². The van der Waals surface area contributed by atoms with Crippen LogP contribution in [0, 0.1) is 0 Å². The third kappa shape index (κ3) is 2.48. The third-order valence-corrected chi connectivity index (χ3v) is 5.73. The Kier molecular flexibility index (Phi) is 3.85. The summed E-state index contributed by atoms with van der Waals surface area (Å²) in [6, 6.07) is 27.8. The average Bonchev–Trinajstić information content (AvgIpc) is 3.15. The highest BCUT2D eigenvalue weighted by Crippen LogP contribution is 2.47. The number of hydrogen-bond acceptors (Lipinski definition) is 3. The quantitative estimate of drug-likeness (QED) is 0.542. The Morgan fingerprint density at radius 2 is 1.57 bits per heavy atom. The number of rotatable bonds is 3. The van der Waals surface area contributed by atoms with Crippen LogP contribution in [-0.2, 0) is 5.41 Å². The number of hydrogen-bond donors (Lipinski definition) is 2. The fraction of sp³-hybridized carbons (Fsp3) is 0.120. The fourth-order valence-corrected chi connectivity index (χ4v) is 4.22. The summed E-state index contributed by atoms with van der Waals surface area (Å²) in [4.78, 5) is 0. The Morgan fingerprint density at radius 1 is 0.821 bits per heavy atom. The van der Waals surface area contributed by atoms with Crippen LogP contribution in [0.3, 0.4) is 0 Å². The Balaban J connectivity index is 1.77. The van der Waals surface area contributed by atoms with E-state index in [1.165, 1.54) is 0 Å². The van der Waals surface area contributed by atoms with Crippen LogP contribution in [-0.4, -0.2) is 23.4 Å². The first-order chi connectivity index (χ1) is 13.7. The van der Waals surface area contributed by atoms with Crippen molar-refractivity contribution < 1.29 is 14.9 Å². The van der Waals surface area contributed by atoms with E-state index in [0.29, 0.717) is 6.61 Å². The number of aliphatic hydroxyl groups is 1. The number of fused-ring (bicyclic) bond motifs is 3. The minimum absolute atomic E-state index is 0.0700. The van der Waals surface area contributed by atoms with Crippen LogP contribution in [0.25, 0.3) is 21.9 Å². The molecular weight excluding hydrogens is 348 g/mol. The largest absolute Gasteiger partial charge is 0.508 e. The first kappa shape index (κ1) is 16.8. The maximum atomic E-state index is 10.5. The average molecular weight is 368 g/mol. The van der Waals surface area contributed by atoms with Crippen LogP contribution >= 0.6 is 0 Å². The van der Waals surface area contributed by atoms with E-state index in [4.69, 9.17) is 4.74 Å². The zero-order chi connectivity index (χ0) is 19.1. The van der Waals surface area contributed by atoms with Gasteiger partial charge < -0.3 is 14.9 Å². The third-order valence-electron chi connectivity index (χ3n) is 5.73. The lowest BCUT2D eigenvalue weighted by atomic mass is 9.74. The van der Waals surface area contributed by atoms with Gasteiger partial charge in [-0.2, -0.15) is 0 Å². The lowest BCUT2D eigenvalue weighted by Crippen LogP contribution is -2.34. The molecule has 4 aromatic carbocycles. The number of ether oxygens (including phenoxy) is 1. The van der Waals surface area contributed by atoms with Crippen LogP contribution < -0.4 is 4.74 Å². The second-order valence-corrected chi connectivity index (χ2v) is 7.32. The van der Waals surface area contributed by atoms with Crippen molar-refractivity contribution >= 4 is 10.8 Å². The molecule has 0 saturated heterocycles. The molecule has 4 aromatic rings. The monoisotopic (exact) mass is 368 g/mol. The van der Waals surface area contributed by atoms with Crippen molar-refractivity contribution in [1.29, 1.82) is 0 Å². The Hall–Kier alpha value is -3.30. The molecule has 0 amide bonds. The molecule has 0 saturated carbocycles. The lowest BCUT2D eigenvalue weighted by molar-refractivity contribution is 0.185. The standard InChI is InChI=1S/C25H20O3/c26-15-25(20-9-11-21(27)12-10-20)16-28-23-13-8-18-6-7-19(14-22(18)24(23)25)17-4-2-1-3-5-17/h1-14,26-27H,15-16H2/t25-/m1/s1. The number of benzene rings is 4. The van der Waals surface area contributed by atoms with Gasteiger partial charge in [0.05, 0.1) is 12.0 Å². The molecule has 0 aromatic heterocycles. The highest BCUT2D eigenvalue weighted by Gasteiger charge is 2.43. The zero-order valence-electron chi connectivity index (χ0n) is 15.3. The lowest BCUT2D eigenvalue weighted by Gasteiger charge is -2.27. The topological polar surface area (TPSA) is 49.7 Å². The molecule has 1 aliphatic rings. The predicted molar refractivity (Wildman–Crippen MR) is 111 cm³/mol. The van der Waals surface area contributed by atoms with E-state index in [2.05, 4.69) is 36.4 Å². The minimum Gasteiger partial charge on any atom is -0.508 e. The highest BCUT2D eigenvalue weighted by molar-refractivity contribution is 5.93. The first-order valence-corrected chi connectivity index (χ1v) is 9.37. The van der Waals surface area contributed by atoms with Crippen molar-refractivity contribution in [3.8, 4) is 22.6 Å². The van der Waals surface area contributed by atoms with Crippen LogP contribution in [0.2, 0.25) is 0 Å². The number of aromatic hydroxyl groups is 1. The van der Waals surface area contributed by atoms with Gasteiger partial charge in [-0.05, 0) is 51.7 Å². The molecule has 5 rings (SSSR count). The van der Waals surface area contributed by atoms with Gasteiger partial charge >= 0.3 is 0 Å². The second kappa shape index (κ2) is 6.39.